The first-order valence-corrected chi connectivity index (χ1v) is 6.95. The summed E-state index contributed by atoms with van der Waals surface area (Å²) in [5.41, 5.74) is 5.00. The number of aliphatic hydroxyl groups is 4. The fourth-order valence-electron chi connectivity index (χ4n) is 1.27. The van der Waals surface area contributed by atoms with Gasteiger partial charge in [-0.05, 0) is 6.20 Å². The number of nitrogens with two attached hydrogens (primary N) is 1. The van der Waals surface area contributed by atoms with Crippen LogP contribution in [0.25, 0.3) is 0 Å². The van der Waals surface area contributed by atoms with Crippen molar-refractivity contribution in [2.24, 2.45) is 5.73 Å². The van der Waals surface area contributed by atoms with Gasteiger partial charge in [-0.2, -0.15) is 0 Å². The normalized spacial score (nSPS) is 18.7. The minimum absolute atomic E-state index is 0.417. The van der Waals surface area contributed by atoms with E-state index in [9.17, 15) is 19.6 Å². The van der Waals surface area contributed by atoms with E-state index in [1.807, 2.05) is 0 Å². The van der Waals surface area contributed by atoms with Gasteiger partial charge in [0.25, 0.3) is 0 Å². The van der Waals surface area contributed by atoms with E-state index in [1.54, 1.807) is 0 Å². The number of hydrogen-bond acceptors (Lipinski definition) is 8. The Bertz CT molecular complexity index is 382. The van der Waals surface area contributed by atoms with Gasteiger partial charge in [-0.3, -0.25) is 9.32 Å². The predicted molar refractivity (Wildman–Crippen MR) is 65.0 cm³/mol. The van der Waals surface area contributed by atoms with Gasteiger partial charge in [-0.1, -0.05) is 6.08 Å². The Balaban J connectivity index is 5.09. The first kappa shape index (κ1) is 19.2. The van der Waals surface area contributed by atoms with E-state index >= 15 is 0 Å². The van der Waals surface area contributed by atoms with Gasteiger partial charge in [0.2, 0.25) is 0 Å². The number of allylic oxidation sites excluding steroid dienone is 1. The summed E-state index contributed by atoms with van der Waals surface area (Å²) in [5.74, 6) is -0.980. The zero-order chi connectivity index (χ0) is 15.9. The molecule has 8 N–H and O–H groups in total. The number of carbonyl (C=O) groups excluding carboxylic acids is 1. The highest BCUT2D eigenvalue weighted by Gasteiger charge is 2.39. The number of hydrogen-bond donors (Lipinski definition) is 7. The second-order valence-electron chi connectivity index (χ2n) is 3.85. The van der Waals surface area contributed by atoms with E-state index in [0.717, 1.165) is 12.3 Å². The van der Waals surface area contributed by atoms with E-state index in [4.69, 9.17) is 25.7 Å². The van der Waals surface area contributed by atoms with Gasteiger partial charge in [0, 0.05) is 6.42 Å². The molecule has 118 valence electrons. The van der Waals surface area contributed by atoms with Crippen LogP contribution in [-0.2, 0) is 13.9 Å². The lowest BCUT2D eigenvalue weighted by Crippen LogP contribution is -2.49. The molecule has 0 bridgehead atoms. The summed E-state index contributed by atoms with van der Waals surface area (Å²) in [6, 6.07) is 0. The Kier molecular flexibility index (Phi) is 8.09. The molecule has 20 heavy (non-hydrogen) atoms. The van der Waals surface area contributed by atoms with E-state index in [1.165, 1.54) is 0 Å². The van der Waals surface area contributed by atoms with Gasteiger partial charge in [-0.15, -0.1) is 0 Å². The van der Waals surface area contributed by atoms with Crippen LogP contribution in [0.5, 0.6) is 0 Å². The lowest BCUT2D eigenvalue weighted by molar-refractivity contribution is -0.144. The highest BCUT2D eigenvalue weighted by atomic mass is 31.2. The molecule has 0 saturated carbocycles. The maximum Gasteiger partial charge on any atom is 0.470 e. The molecule has 4 atom stereocenters. The van der Waals surface area contributed by atoms with E-state index in [-0.39, 0.29) is 0 Å². The molecular formula is C9H18NO9P. The summed E-state index contributed by atoms with van der Waals surface area (Å²) >= 11 is 0. The number of phosphoric acid groups is 1. The maximum atomic E-state index is 11.6. The van der Waals surface area contributed by atoms with E-state index < -0.39 is 51.0 Å². The molecule has 0 aromatic heterocycles. The van der Waals surface area contributed by atoms with Crippen molar-refractivity contribution in [2.75, 3.05) is 6.61 Å². The summed E-state index contributed by atoms with van der Waals surface area (Å²) in [7, 11) is -5.13. The van der Waals surface area contributed by atoms with Crippen molar-refractivity contribution >= 4 is 13.6 Å². The number of aliphatic hydroxyl groups excluding tert-OH is 4. The second kappa shape index (κ2) is 8.45. The standard InChI is InChI=1S/C9H18NO9P/c10-3-1-2-5(12)9(19-20(16,17)18)8(15)7(14)6(13)4-11/h1,3,6-9,11,13-15H,2,4,10H2,(H2,16,17,18). The number of carbonyl (C=O) groups is 1. The number of Topliss-reactive ketones (excluding diaryl/α,β-unsaturated/α-hetero) is 1. The third-order valence-electron chi connectivity index (χ3n) is 2.26. The van der Waals surface area contributed by atoms with Crippen molar-refractivity contribution < 1.29 is 44.1 Å². The minimum Gasteiger partial charge on any atom is -0.405 e. The maximum absolute atomic E-state index is 11.6. The molecule has 0 aliphatic rings. The minimum atomic E-state index is -5.13. The average Bonchev–Trinajstić information content (AvgIpc) is 2.38. The van der Waals surface area contributed by atoms with Crippen molar-refractivity contribution in [3.05, 3.63) is 12.3 Å². The molecule has 0 amide bonds. The highest BCUT2D eigenvalue weighted by molar-refractivity contribution is 7.46. The molecule has 11 heteroatoms. The lowest BCUT2D eigenvalue weighted by Gasteiger charge is -2.27. The van der Waals surface area contributed by atoms with Gasteiger partial charge < -0.3 is 35.9 Å². The van der Waals surface area contributed by atoms with Gasteiger partial charge in [0.15, 0.2) is 11.9 Å². The lowest BCUT2D eigenvalue weighted by atomic mass is 9.99. The number of rotatable bonds is 9. The molecule has 0 heterocycles. The number of phosphoric ester groups is 1. The molecule has 0 spiro atoms. The van der Waals surface area contributed by atoms with Crippen LogP contribution in [0.1, 0.15) is 6.42 Å². The topological polar surface area (TPSA) is 191 Å². The summed E-state index contributed by atoms with van der Waals surface area (Å²) in [6.45, 7) is -0.933. The summed E-state index contributed by atoms with van der Waals surface area (Å²) in [4.78, 5) is 29.0. The Morgan fingerprint density at radius 3 is 2.20 bits per heavy atom. The molecule has 0 radical (unpaired) electrons. The molecular weight excluding hydrogens is 297 g/mol. The third kappa shape index (κ3) is 6.55. The zero-order valence-corrected chi connectivity index (χ0v) is 11.2. The van der Waals surface area contributed by atoms with Crippen LogP contribution in [0.15, 0.2) is 12.3 Å². The van der Waals surface area contributed by atoms with Crippen LogP contribution >= 0.6 is 7.82 Å². The molecule has 0 saturated heterocycles. The van der Waals surface area contributed by atoms with Crippen molar-refractivity contribution in [1.29, 1.82) is 0 Å². The Labute approximate surface area is 114 Å². The fraction of sp³-hybridized carbons (Fsp3) is 0.667. The van der Waals surface area contributed by atoms with Crippen molar-refractivity contribution in [3.63, 3.8) is 0 Å². The van der Waals surface area contributed by atoms with Crippen molar-refractivity contribution in [3.8, 4) is 0 Å². The van der Waals surface area contributed by atoms with Crippen LogP contribution in [0.2, 0.25) is 0 Å². The van der Waals surface area contributed by atoms with Crippen LogP contribution in [0.3, 0.4) is 0 Å². The van der Waals surface area contributed by atoms with Crippen LogP contribution in [-0.4, -0.2) is 67.0 Å². The first-order valence-electron chi connectivity index (χ1n) is 5.42. The van der Waals surface area contributed by atoms with E-state index in [0.29, 0.717) is 0 Å². The second-order valence-corrected chi connectivity index (χ2v) is 5.04. The van der Waals surface area contributed by atoms with Gasteiger partial charge >= 0.3 is 7.82 Å². The molecule has 0 aliphatic carbocycles. The first-order chi connectivity index (χ1) is 9.14. The summed E-state index contributed by atoms with van der Waals surface area (Å²) in [6.07, 6.45) is -6.38. The number of ketones is 1. The quantitative estimate of drug-likeness (QED) is 0.215. The van der Waals surface area contributed by atoms with Gasteiger partial charge in [0.05, 0.1) is 6.61 Å². The van der Waals surface area contributed by atoms with Crippen molar-refractivity contribution in [1.82, 2.24) is 0 Å². The SMILES string of the molecule is NC=CCC(=O)C(OP(=O)(O)O)C(O)C(O)C(O)CO. The summed E-state index contributed by atoms with van der Waals surface area (Å²) < 4.78 is 14.9. The fourth-order valence-corrected chi connectivity index (χ4v) is 1.81. The zero-order valence-electron chi connectivity index (χ0n) is 10.3. The Hall–Kier alpha value is -0.840. The smallest absolute Gasteiger partial charge is 0.405 e. The molecule has 0 aromatic rings. The van der Waals surface area contributed by atoms with Crippen LogP contribution < -0.4 is 5.73 Å². The van der Waals surface area contributed by atoms with Crippen molar-refractivity contribution in [2.45, 2.75) is 30.8 Å². The molecule has 4 unspecified atom stereocenters. The Morgan fingerprint density at radius 2 is 1.80 bits per heavy atom. The molecule has 0 aliphatic heterocycles. The van der Waals surface area contributed by atoms with E-state index in [2.05, 4.69) is 4.52 Å². The molecule has 0 fully saturated rings. The monoisotopic (exact) mass is 315 g/mol. The molecule has 0 rings (SSSR count). The average molecular weight is 315 g/mol. The molecule has 10 nitrogen and oxygen atoms in total. The third-order valence-corrected chi connectivity index (χ3v) is 2.77. The highest BCUT2D eigenvalue weighted by Crippen LogP contribution is 2.39. The summed E-state index contributed by atoms with van der Waals surface area (Å²) in [5, 5.41) is 36.9. The molecule has 0 aromatic carbocycles. The van der Waals surface area contributed by atoms with Gasteiger partial charge in [0.1, 0.15) is 18.3 Å². The van der Waals surface area contributed by atoms with Crippen LogP contribution in [0, 0.1) is 0 Å². The predicted octanol–water partition coefficient (Wildman–Crippen LogP) is -3.03. The largest absolute Gasteiger partial charge is 0.470 e. The van der Waals surface area contributed by atoms with Crippen LogP contribution in [0.4, 0.5) is 0 Å². The van der Waals surface area contributed by atoms with Gasteiger partial charge in [-0.25, -0.2) is 4.57 Å². The Morgan fingerprint density at radius 1 is 1.25 bits per heavy atom.